The molecule has 0 unspecified atom stereocenters. The Bertz CT molecular complexity index is 443. The van der Waals surface area contributed by atoms with Crippen LogP contribution in [0, 0.1) is 21.7 Å². The molecule has 1 aromatic carbocycles. The summed E-state index contributed by atoms with van der Waals surface area (Å²) in [4.78, 5) is 19.6. The van der Waals surface area contributed by atoms with E-state index in [4.69, 9.17) is 0 Å². The number of rotatable bonds is 3. The summed E-state index contributed by atoms with van der Waals surface area (Å²) in [5.74, 6) is -2.50. The van der Waals surface area contributed by atoms with Crippen LogP contribution in [0.25, 0.3) is 6.08 Å². The summed E-state index contributed by atoms with van der Waals surface area (Å²) in [5, 5.41) is 10.4. The Kier molecular flexibility index (Phi) is 3.22. The molecule has 1 aromatic rings. The highest BCUT2D eigenvalue weighted by Gasteiger charge is 2.16. The van der Waals surface area contributed by atoms with Gasteiger partial charge in [-0.15, -0.1) is 0 Å². The third kappa shape index (κ3) is 2.43. The normalized spacial score (nSPS) is 10.5. The number of carbonyl (C=O) groups is 1. The predicted octanol–water partition coefficient (Wildman–Crippen LogP) is 2.09. The molecule has 0 fully saturated rings. The Labute approximate surface area is 83.0 Å². The van der Waals surface area contributed by atoms with Crippen LogP contribution in [0.15, 0.2) is 18.2 Å². The zero-order valence-corrected chi connectivity index (χ0v) is 7.31. The van der Waals surface area contributed by atoms with E-state index in [9.17, 15) is 23.7 Å². The summed E-state index contributed by atoms with van der Waals surface area (Å²) in [6.07, 6.45) is 2.37. The fraction of sp³-hybridized carbons (Fsp3) is 0. The van der Waals surface area contributed by atoms with Gasteiger partial charge in [-0.3, -0.25) is 14.9 Å². The fourth-order valence-corrected chi connectivity index (χ4v) is 0.986. The van der Waals surface area contributed by atoms with Gasteiger partial charge in [-0.2, -0.15) is 0 Å². The van der Waals surface area contributed by atoms with Crippen molar-refractivity contribution >= 4 is 18.0 Å². The van der Waals surface area contributed by atoms with Gasteiger partial charge < -0.3 is 0 Å². The van der Waals surface area contributed by atoms with E-state index in [1.54, 1.807) is 0 Å². The molecule has 0 atom stereocenters. The van der Waals surface area contributed by atoms with Crippen molar-refractivity contribution < 1.29 is 18.5 Å². The highest BCUT2D eigenvalue weighted by atomic mass is 19.2. The van der Waals surface area contributed by atoms with E-state index in [1.807, 2.05) is 0 Å². The summed E-state index contributed by atoms with van der Waals surface area (Å²) in [6.45, 7) is 0. The van der Waals surface area contributed by atoms with Crippen molar-refractivity contribution in [2.45, 2.75) is 0 Å². The molecule has 78 valence electrons. The number of aldehydes is 1. The first-order valence-electron chi connectivity index (χ1n) is 3.81. The number of halogens is 2. The molecule has 0 radical (unpaired) electrons. The minimum atomic E-state index is -1.30. The van der Waals surface area contributed by atoms with E-state index in [-0.39, 0.29) is 5.56 Å². The second-order valence-electron chi connectivity index (χ2n) is 2.58. The lowest BCUT2D eigenvalue weighted by Crippen LogP contribution is -1.95. The zero-order chi connectivity index (χ0) is 11.4. The Balaban J connectivity index is 3.34. The van der Waals surface area contributed by atoms with Crippen molar-refractivity contribution in [3.63, 3.8) is 0 Å². The zero-order valence-electron chi connectivity index (χ0n) is 7.31. The summed E-state index contributed by atoms with van der Waals surface area (Å²) in [7, 11) is 0. The SMILES string of the molecule is O=CC=Cc1cc(F)c(F)cc1[N+](=O)[O-]. The van der Waals surface area contributed by atoms with Gasteiger partial charge in [0, 0.05) is 0 Å². The maximum absolute atomic E-state index is 12.7. The molecular formula is C9H5F2NO3. The Morgan fingerprint density at radius 1 is 1.27 bits per heavy atom. The standard InChI is InChI=1S/C9H5F2NO3/c10-7-4-6(2-1-3-13)9(12(14)15)5-8(7)11/h1-5H. The number of nitrogens with zero attached hydrogens (tertiary/aromatic N) is 1. The first kappa shape index (κ1) is 11.0. The number of nitro benzene ring substituents is 1. The maximum Gasteiger partial charge on any atom is 0.279 e. The molecule has 0 bridgehead atoms. The van der Waals surface area contributed by atoms with Crippen LogP contribution in [-0.4, -0.2) is 11.2 Å². The van der Waals surface area contributed by atoms with E-state index in [1.165, 1.54) is 0 Å². The molecule has 0 saturated carbocycles. The van der Waals surface area contributed by atoms with Gasteiger partial charge in [0.1, 0.15) is 6.29 Å². The lowest BCUT2D eigenvalue weighted by Gasteiger charge is -1.98. The molecule has 1 rings (SSSR count). The van der Waals surface area contributed by atoms with E-state index in [2.05, 4.69) is 0 Å². The lowest BCUT2D eigenvalue weighted by molar-refractivity contribution is -0.385. The number of nitro groups is 1. The van der Waals surface area contributed by atoms with Gasteiger partial charge >= 0.3 is 0 Å². The van der Waals surface area contributed by atoms with Crippen LogP contribution in [-0.2, 0) is 4.79 Å². The van der Waals surface area contributed by atoms with Crippen molar-refractivity contribution in [2.24, 2.45) is 0 Å². The van der Waals surface area contributed by atoms with Crippen molar-refractivity contribution in [1.82, 2.24) is 0 Å². The maximum atomic E-state index is 12.7. The number of hydrogen-bond acceptors (Lipinski definition) is 3. The van der Waals surface area contributed by atoms with E-state index >= 15 is 0 Å². The number of hydrogen-bond donors (Lipinski definition) is 0. The molecule has 0 heterocycles. The van der Waals surface area contributed by atoms with Crippen molar-refractivity contribution in [3.05, 3.63) is 45.5 Å². The molecular weight excluding hydrogens is 208 g/mol. The molecule has 0 N–H and O–H groups in total. The second kappa shape index (κ2) is 4.41. The van der Waals surface area contributed by atoms with E-state index in [0.29, 0.717) is 18.4 Å². The number of carbonyl (C=O) groups excluding carboxylic acids is 1. The number of benzene rings is 1. The van der Waals surface area contributed by atoms with Crippen LogP contribution < -0.4 is 0 Å². The Morgan fingerprint density at radius 2 is 1.87 bits per heavy atom. The molecule has 6 heteroatoms. The van der Waals surface area contributed by atoms with Crippen LogP contribution >= 0.6 is 0 Å². The molecule has 0 saturated heterocycles. The molecule has 15 heavy (non-hydrogen) atoms. The monoisotopic (exact) mass is 213 g/mol. The van der Waals surface area contributed by atoms with Crippen LogP contribution in [0.2, 0.25) is 0 Å². The Morgan fingerprint density at radius 3 is 2.40 bits per heavy atom. The van der Waals surface area contributed by atoms with Gasteiger partial charge in [0.05, 0.1) is 16.6 Å². The number of allylic oxidation sites excluding steroid dienone is 1. The summed E-state index contributed by atoms with van der Waals surface area (Å²) in [6, 6.07) is 1.13. The summed E-state index contributed by atoms with van der Waals surface area (Å²) >= 11 is 0. The molecule has 0 aliphatic carbocycles. The van der Waals surface area contributed by atoms with Crippen LogP contribution in [0.4, 0.5) is 14.5 Å². The van der Waals surface area contributed by atoms with Crippen LogP contribution in [0.5, 0.6) is 0 Å². The highest BCUT2D eigenvalue weighted by Crippen LogP contribution is 2.23. The van der Waals surface area contributed by atoms with Gasteiger partial charge in [-0.05, 0) is 18.2 Å². The minimum absolute atomic E-state index is 0.161. The van der Waals surface area contributed by atoms with Crippen molar-refractivity contribution in [1.29, 1.82) is 0 Å². The first-order chi connectivity index (χ1) is 7.06. The topological polar surface area (TPSA) is 60.2 Å². The van der Waals surface area contributed by atoms with Crippen LogP contribution in [0.3, 0.4) is 0 Å². The van der Waals surface area contributed by atoms with Gasteiger partial charge in [-0.1, -0.05) is 0 Å². The molecule has 0 aliphatic rings. The smallest absolute Gasteiger partial charge is 0.279 e. The average molecular weight is 213 g/mol. The lowest BCUT2D eigenvalue weighted by atomic mass is 10.1. The Hall–Kier alpha value is -2.11. The fourth-order valence-electron chi connectivity index (χ4n) is 0.986. The third-order valence-electron chi connectivity index (χ3n) is 1.62. The second-order valence-corrected chi connectivity index (χ2v) is 2.58. The molecule has 0 amide bonds. The molecule has 0 spiro atoms. The van der Waals surface area contributed by atoms with Crippen LogP contribution in [0.1, 0.15) is 5.56 Å². The van der Waals surface area contributed by atoms with Gasteiger partial charge in [0.25, 0.3) is 5.69 Å². The average Bonchev–Trinajstić information content (AvgIpc) is 2.19. The highest BCUT2D eigenvalue weighted by molar-refractivity contribution is 5.76. The van der Waals surface area contributed by atoms with E-state index < -0.39 is 22.2 Å². The summed E-state index contributed by atoms with van der Waals surface area (Å²) in [5.41, 5.74) is -0.752. The largest absolute Gasteiger partial charge is 0.299 e. The molecule has 0 aliphatic heterocycles. The van der Waals surface area contributed by atoms with Gasteiger partial charge in [0.2, 0.25) is 0 Å². The third-order valence-corrected chi connectivity index (χ3v) is 1.62. The quantitative estimate of drug-likeness (QED) is 0.334. The van der Waals surface area contributed by atoms with Crippen molar-refractivity contribution in [3.8, 4) is 0 Å². The summed E-state index contributed by atoms with van der Waals surface area (Å²) < 4.78 is 25.4. The molecule has 0 aromatic heterocycles. The first-order valence-corrected chi connectivity index (χ1v) is 3.81. The minimum Gasteiger partial charge on any atom is -0.299 e. The predicted molar refractivity (Wildman–Crippen MR) is 48.1 cm³/mol. The van der Waals surface area contributed by atoms with Gasteiger partial charge in [-0.25, -0.2) is 8.78 Å². The molecule has 4 nitrogen and oxygen atoms in total. The van der Waals surface area contributed by atoms with E-state index in [0.717, 1.165) is 12.2 Å². The van der Waals surface area contributed by atoms with Gasteiger partial charge in [0.15, 0.2) is 11.6 Å². The van der Waals surface area contributed by atoms with Crippen molar-refractivity contribution in [2.75, 3.05) is 0 Å².